The van der Waals surface area contributed by atoms with Crippen LogP contribution in [0.4, 0.5) is 5.82 Å². The predicted octanol–water partition coefficient (Wildman–Crippen LogP) is 3.41. The molecule has 0 saturated carbocycles. The van der Waals surface area contributed by atoms with Crippen LogP contribution in [-0.2, 0) is 4.79 Å². The van der Waals surface area contributed by atoms with Gasteiger partial charge in [0.2, 0.25) is 5.91 Å². The first kappa shape index (κ1) is 23.1. The fraction of sp³-hybridized carbons (Fsp3) is 0.458. The Kier molecular flexibility index (Phi) is 8.76. The van der Waals surface area contributed by atoms with E-state index >= 15 is 0 Å². The molecule has 3 rings (SSSR count). The van der Waals surface area contributed by atoms with Crippen LogP contribution in [0.25, 0.3) is 0 Å². The number of carbonyl (C=O) groups excluding carboxylic acids is 2. The van der Waals surface area contributed by atoms with Crippen LogP contribution in [0.1, 0.15) is 42.1 Å². The number of anilines is 1. The number of hydrogen-bond donors (Lipinski definition) is 1. The Hall–Kier alpha value is -2.54. The molecule has 0 bridgehead atoms. The van der Waals surface area contributed by atoms with Gasteiger partial charge in [-0.15, -0.1) is 0 Å². The van der Waals surface area contributed by atoms with Gasteiger partial charge in [-0.05, 0) is 29.9 Å². The Balaban J connectivity index is 1.52. The quantitative estimate of drug-likeness (QED) is 0.606. The predicted molar refractivity (Wildman–Crippen MR) is 128 cm³/mol. The molecule has 1 N–H and O–H groups in total. The first-order valence-corrected chi connectivity index (χ1v) is 12.2. The number of aromatic nitrogens is 1. The topological polar surface area (TPSA) is 65.5 Å². The van der Waals surface area contributed by atoms with Gasteiger partial charge in [0.15, 0.2) is 0 Å². The van der Waals surface area contributed by atoms with Crippen molar-refractivity contribution in [2.24, 2.45) is 0 Å². The highest BCUT2D eigenvalue weighted by molar-refractivity contribution is 7.99. The molecular weight excluding hydrogens is 408 g/mol. The fourth-order valence-electron chi connectivity index (χ4n) is 3.81. The minimum absolute atomic E-state index is 0.0839. The van der Waals surface area contributed by atoms with Crippen molar-refractivity contribution in [2.45, 2.75) is 26.2 Å². The van der Waals surface area contributed by atoms with E-state index in [1.807, 2.05) is 47.4 Å². The molecule has 0 aliphatic carbocycles. The maximum atomic E-state index is 13.1. The zero-order chi connectivity index (χ0) is 22.1. The van der Waals surface area contributed by atoms with Gasteiger partial charge >= 0.3 is 0 Å². The minimum Gasteiger partial charge on any atom is -0.353 e. The second-order valence-electron chi connectivity index (χ2n) is 7.54. The molecule has 166 valence electrons. The second-order valence-corrected chi connectivity index (χ2v) is 8.94. The summed E-state index contributed by atoms with van der Waals surface area (Å²) < 4.78 is 0. The Bertz CT molecular complexity index is 836. The molecule has 1 saturated heterocycles. The first-order chi connectivity index (χ1) is 15.1. The highest BCUT2D eigenvalue weighted by Crippen LogP contribution is 2.23. The number of nitrogens with zero attached hydrogens (tertiary/aromatic N) is 3. The van der Waals surface area contributed by atoms with E-state index in [2.05, 4.69) is 29.0 Å². The number of carbonyl (C=O) groups is 2. The van der Waals surface area contributed by atoms with Crippen LogP contribution in [0.15, 0.2) is 48.7 Å². The molecular formula is C24H32N4O2S. The molecule has 0 radical (unpaired) electrons. The SMILES string of the molecule is CCSCCNC(=O)c1ccc(N2CCN(C(=O)C(CC)c3ccccc3)CC2)nc1. The number of thioether (sulfide) groups is 1. The van der Waals surface area contributed by atoms with Crippen molar-refractivity contribution < 1.29 is 9.59 Å². The van der Waals surface area contributed by atoms with Crippen molar-refractivity contribution in [3.63, 3.8) is 0 Å². The van der Waals surface area contributed by atoms with E-state index in [9.17, 15) is 9.59 Å². The summed E-state index contributed by atoms with van der Waals surface area (Å²) >= 11 is 1.81. The number of amides is 2. The van der Waals surface area contributed by atoms with Crippen molar-refractivity contribution in [1.82, 2.24) is 15.2 Å². The molecule has 7 heteroatoms. The lowest BCUT2D eigenvalue weighted by molar-refractivity contribution is -0.133. The lowest BCUT2D eigenvalue weighted by atomic mass is 9.95. The summed E-state index contributed by atoms with van der Waals surface area (Å²) in [5.74, 6) is 2.85. The van der Waals surface area contributed by atoms with Crippen LogP contribution in [0.5, 0.6) is 0 Å². The molecule has 2 amide bonds. The molecule has 1 aliphatic heterocycles. The summed E-state index contributed by atoms with van der Waals surface area (Å²) in [6, 6.07) is 13.7. The van der Waals surface area contributed by atoms with Gasteiger partial charge in [-0.1, -0.05) is 44.2 Å². The van der Waals surface area contributed by atoms with E-state index in [0.29, 0.717) is 25.2 Å². The molecule has 1 aromatic heterocycles. The molecule has 0 spiro atoms. The first-order valence-electron chi connectivity index (χ1n) is 11.0. The van der Waals surface area contributed by atoms with Crippen molar-refractivity contribution in [3.05, 3.63) is 59.8 Å². The van der Waals surface area contributed by atoms with Crippen LogP contribution in [0.2, 0.25) is 0 Å². The summed E-state index contributed by atoms with van der Waals surface area (Å²) in [5, 5.41) is 2.92. The average Bonchev–Trinajstić information content (AvgIpc) is 2.83. The van der Waals surface area contributed by atoms with Crippen molar-refractivity contribution >= 4 is 29.4 Å². The van der Waals surface area contributed by atoms with Crippen molar-refractivity contribution in [2.75, 3.05) is 49.1 Å². The molecule has 6 nitrogen and oxygen atoms in total. The molecule has 1 unspecified atom stereocenters. The lowest BCUT2D eigenvalue weighted by Gasteiger charge is -2.37. The Labute approximate surface area is 189 Å². The Morgan fingerprint density at radius 3 is 2.42 bits per heavy atom. The molecule has 2 aromatic rings. The normalized spacial score (nSPS) is 14.9. The van der Waals surface area contributed by atoms with Crippen molar-refractivity contribution in [1.29, 1.82) is 0 Å². The molecule has 1 atom stereocenters. The zero-order valence-electron chi connectivity index (χ0n) is 18.4. The summed E-state index contributed by atoms with van der Waals surface area (Å²) in [4.78, 5) is 33.9. The second kappa shape index (κ2) is 11.7. The van der Waals surface area contributed by atoms with Gasteiger partial charge < -0.3 is 15.1 Å². The Morgan fingerprint density at radius 1 is 1.06 bits per heavy atom. The third-order valence-corrected chi connectivity index (χ3v) is 6.47. The van der Waals surface area contributed by atoms with Gasteiger partial charge in [0.25, 0.3) is 5.91 Å². The minimum atomic E-state index is -0.0855. The number of rotatable bonds is 9. The third-order valence-electron chi connectivity index (χ3n) is 5.57. The number of hydrogen-bond acceptors (Lipinski definition) is 5. The van der Waals surface area contributed by atoms with Crippen LogP contribution in [0.3, 0.4) is 0 Å². The van der Waals surface area contributed by atoms with E-state index < -0.39 is 0 Å². The maximum absolute atomic E-state index is 13.1. The van der Waals surface area contributed by atoms with E-state index in [-0.39, 0.29) is 17.7 Å². The summed E-state index contributed by atoms with van der Waals surface area (Å²) in [6.45, 7) is 7.68. The number of pyridine rings is 1. The highest BCUT2D eigenvalue weighted by atomic mass is 32.2. The van der Waals surface area contributed by atoms with Crippen LogP contribution >= 0.6 is 11.8 Å². The van der Waals surface area contributed by atoms with E-state index in [1.165, 1.54) is 0 Å². The molecule has 31 heavy (non-hydrogen) atoms. The number of benzene rings is 1. The van der Waals surface area contributed by atoms with Gasteiger partial charge in [0.1, 0.15) is 5.82 Å². The Morgan fingerprint density at radius 2 is 1.81 bits per heavy atom. The monoisotopic (exact) mass is 440 g/mol. The smallest absolute Gasteiger partial charge is 0.252 e. The van der Waals surface area contributed by atoms with Crippen molar-refractivity contribution in [3.8, 4) is 0 Å². The number of piperazine rings is 1. The van der Waals surface area contributed by atoms with E-state index in [4.69, 9.17) is 0 Å². The van der Waals surface area contributed by atoms with Crippen LogP contribution in [-0.4, -0.2) is 65.9 Å². The maximum Gasteiger partial charge on any atom is 0.252 e. The summed E-state index contributed by atoms with van der Waals surface area (Å²) in [6.07, 6.45) is 2.43. The standard InChI is InChI=1S/C24H32N4O2S/c1-3-21(19-8-6-5-7-9-19)24(30)28-15-13-27(14-16-28)22-11-10-20(18-26-22)23(29)25-12-17-31-4-2/h5-11,18,21H,3-4,12-17H2,1-2H3,(H,25,29). The summed E-state index contributed by atoms with van der Waals surface area (Å²) in [7, 11) is 0. The van der Waals surface area contributed by atoms with Crippen LogP contribution in [0, 0.1) is 0 Å². The molecule has 1 fully saturated rings. The lowest BCUT2D eigenvalue weighted by Crippen LogP contribution is -2.50. The van der Waals surface area contributed by atoms with E-state index in [0.717, 1.165) is 42.4 Å². The average molecular weight is 441 g/mol. The molecule has 1 aromatic carbocycles. The third kappa shape index (κ3) is 6.23. The molecule has 1 aliphatic rings. The summed E-state index contributed by atoms with van der Waals surface area (Å²) in [5.41, 5.74) is 1.66. The van der Waals surface area contributed by atoms with Crippen LogP contribution < -0.4 is 10.2 Å². The molecule has 2 heterocycles. The highest BCUT2D eigenvalue weighted by Gasteiger charge is 2.27. The largest absolute Gasteiger partial charge is 0.353 e. The van der Waals surface area contributed by atoms with Gasteiger partial charge in [-0.3, -0.25) is 9.59 Å². The zero-order valence-corrected chi connectivity index (χ0v) is 19.2. The fourth-order valence-corrected chi connectivity index (χ4v) is 4.34. The number of nitrogens with one attached hydrogen (secondary N) is 1. The van der Waals surface area contributed by atoms with Gasteiger partial charge in [0.05, 0.1) is 11.5 Å². The van der Waals surface area contributed by atoms with Gasteiger partial charge in [0, 0.05) is 44.7 Å². The van der Waals surface area contributed by atoms with E-state index in [1.54, 1.807) is 18.0 Å². The van der Waals surface area contributed by atoms with Gasteiger partial charge in [-0.25, -0.2) is 4.98 Å². The van der Waals surface area contributed by atoms with Gasteiger partial charge in [-0.2, -0.15) is 11.8 Å².